The molecule has 5 N–H and O–H groups in total. The van der Waals surface area contributed by atoms with Gasteiger partial charge in [0.15, 0.2) is 0 Å². The number of nitrogens with one attached hydrogen (secondary N) is 2. The number of hydrogen-bond donors (Lipinski definition) is 5. The summed E-state index contributed by atoms with van der Waals surface area (Å²) in [6.45, 7) is 6.31. The lowest BCUT2D eigenvalue weighted by molar-refractivity contribution is -0.209. The highest BCUT2D eigenvalue weighted by Gasteiger charge is 2.43. The minimum absolute atomic E-state index is 0.117. The van der Waals surface area contributed by atoms with Gasteiger partial charge in [0.05, 0.1) is 19.7 Å². The highest BCUT2D eigenvalue weighted by molar-refractivity contribution is 7.87. The van der Waals surface area contributed by atoms with Crippen molar-refractivity contribution in [2.24, 2.45) is 0 Å². The van der Waals surface area contributed by atoms with E-state index in [1.54, 1.807) is 39.1 Å². The molecule has 1 unspecified atom stereocenters. The molecule has 2 aromatic rings. The molecule has 1 aliphatic rings. The first-order valence-electron chi connectivity index (χ1n) is 16.3. The van der Waals surface area contributed by atoms with Crippen molar-refractivity contribution in [3.63, 3.8) is 0 Å². The smallest absolute Gasteiger partial charge is 0.246 e. The number of rotatable bonds is 15. The average Bonchev–Trinajstić information content (AvgIpc) is 3.06. The molecule has 2 aromatic carbocycles. The lowest BCUT2D eigenvalue weighted by Crippen LogP contribution is -2.56. The topological polar surface area (TPSA) is 161 Å². The van der Waals surface area contributed by atoms with Gasteiger partial charge in [0, 0.05) is 26.4 Å². The molecule has 1 saturated heterocycles. The third-order valence-corrected chi connectivity index (χ3v) is 8.89. The number of aryl methyl sites for hydroxylation is 1. The Balaban J connectivity index is 1.46. The summed E-state index contributed by atoms with van der Waals surface area (Å²) >= 11 is 1.25. The number of benzene rings is 2. The van der Waals surface area contributed by atoms with Crippen molar-refractivity contribution < 1.29 is 39.2 Å². The fraction of sp³-hybridized carbons (Fsp3) is 0.514. The Labute approximate surface area is 298 Å². The first kappa shape index (κ1) is 40.6. The highest BCUT2D eigenvalue weighted by atomic mass is 32.1. The first-order valence-corrected chi connectivity index (χ1v) is 17.6. The van der Waals surface area contributed by atoms with Gasteiger partial charge in [-0.25, -0.2) is 0 Å². The third kappa shape index (κ3) is 11.6. The van der Waals surface area contributed by atoms with Crippen LogP contribution in [0, 0.1) is 24.5 Å². The van der Waals surface area contributed by atoms with Gasteiger partial charge in [-0.05, 0) is 62.1 Å². The van der Waals surface area contributed by atoms with Gasteiger partial charge in [-0.1, -0.05) is 53.6 Å². The van der Waals surface area contributed by atoms with E-state index < -0.39 is 42.0 Å². The van der Waals surface area contributed by atoms with E-state index in [0.717, 1.165) is 22.3 Å². The molecule has 272 valence electrons. The van der Waals surface area contributed by atoms with Crippen molar-refractivity contribution in [3.8, 4) is 17.5 Å². The number of carbonyl (C=O) groups is 3. The zero-order valence-corrected chi connectivity index (χ0v) is 30.5. The molecule has 1 aliphatic heterocycles. The number of ether oxygens (including phenoxy) is 2. The Morgan fingerprint density at radius 3 is 2.38 bits per heavy atom. The maximum atomic E-state index is 12.7. The van der Waals surface area contributed by atoms with E-state index in [-0.39, 0.29) is 38.1 Å². The number of likely N-dealkylation sites (N-methyl/N-ethyl adjacent to an activating group) is 2. The molecule has 3 rings (SSSR count). The van der Waals surface area contributed by atoms with Gasteiger partial charge in [0.2, 0.25) is 17.7 Å². The van der Waals surface area contributed by atoms with Crippen LogP contribution in [0.15, 0.2) is 42.5 Å². The second kappa shape index (κ2) is 19.0. The summed E-state index contributed by atoms with van der Waals surface area (Å²) in [5, 5.41) is 39.8. The van der Waals surface area contributed by atoms with E-state index >= 15 is 0 Å². The Morgan fingerprint density at radius 2 is 1.72 bits per heavy atom. The number of hydrogen-bond acceptors (Lipinski definition) is 9. The van der Waals surface area contributed by atoms with Crippen molar-refractivity contribution in [1.29, 1.82) is 0 Å². The molecule has 1 fully saturated rings. The second-order valence-corrected chi connectivity index (χ2v) is 13.7. The Kier molecular flexibility index (Phi) is 15.4. The van der Waals surface area contributed by atoms with E-state index in [9.17, 15) is 29.7 Å². The van der Waals surface area contributed by atoms with Crippen molar-refractivity contribution in [1.82, 2.24) is 20.4 Å². The molecule has 12 nitrogen and oxygen atoms in total. The Bertz CT molecular complexity index is 1580. The number of carbonyl (C=O) groups excluding carboxylic acids is 3. The number of nitrogens with zero attached hydrogens (tertiary/aromatic N) is 2. The average molecular weight is 711 g/mol. The minimum atomic E-state index is -1.37. The van der Waals surface area contributed by atoms with Crippen LogP contribution in [0.5, 0.6) is 0 Å². The van der Waals surface area contributed by atoms with Gasteiger partial charge >= 0.3 is 0 Å². The summed E-state index contributed by atoms with van der Waals surface area (Å²) in [5.41, 5.74) is 3.51. The van der Waals surface area contributed by atoms with Gasteiger partial charge in [0.25, 0.3) is 0 Å². The van der Waals surface area contributed by atoms with Crippen LogP contribution in [0.4, 0.5) is 0 Å². The standard InChI is InChI=1S/C37H50N4O8S/c1-8-16-41(6)31(43)20-40(5)17-15-38-36(47)37(3,4)39-30(42)22-48-21-26-12-10-25(11-13-26)18-28-19-27(14-9-24(28)2)35-34(46)33(45)32(44)29(49-35)23-50-7/h1,9-14,19,29,32-35,44-46H,15-18,20-22H2,2-7H3,(H,38,47)(H,39,42)/t29?,32-,33+,34-,35+/m1/s1. The zero-order valence-electron chi connectivity index (χ0n) is 29.6. The van der Waals surface area contributed by atoms with Crippen LogP contribution < -0.4 is 10.6 Å². The van der Waals surface area contributed by atoms with Gasteiger partial charge in [-0.15, -0.1) is 17.6 Å². The van der Waals surface area contributed by atoms with Gasteiger partial charge in [-0.2, -0.15) is 0 Å². The minimum Gasteiger partial charge on any atom is -0.387 e. The zero-order chi connectivity index (χ0) is 37.0. The van der Waals surface area contributed by atoms with Crippen LogP contribution in [-0.2, 0) is 36.9 Å². The van der Waals surface area contributed by atoms with Crippen LogP contribution in [0.25, 0.3) is 0 Å². The van der Waals surface area contributed by atoms with Crippen molar-refractivity contribution in [2.75, 3.05) is 53.1 Å². The summed E-state index contributed by atoms with van der Waals surface area (Å²) in [7, 11) is 3.41. The largest absolute Gasteiger partial charge is 0.387 e. The molecule has 0 spiro atoms. The van der Waals surface area contributed by atoms with Crippen molar-refractivity contribution >= 4 is 28.9 Å². The SMILES string of the molecule is C#CCN(C)C(=O)CN(C)CCNC(=O)C(C)(C)NC(=O)COCc1ccc(Cc2cc([C@@H]3OC(C#SC)[C@@H](O)[C@H](O)[C@H]3O)ccc2C)cc1. The van der Waals surface area contributed by atoms with E-state index in [4.69, 9.17) is 15.9 Å². The predicted octanol–water partition coefficient (Wildman–Crippen LogP) is 0.982. The van der Waals surface area contributed by atoms with Crippen LogP contribution >= 0.6 is 11.2 Å². The normalized spacial score (nSPS) is 20.4. The third-order valence-electron chi connectivity index (χ3n) is 8.43. The molecule has 0 saturated carbocycles. The molecule has 0 radical (unpaired) electrons. The number of aliphatic hydroxyl groups is 3. The molecule has 50 heavy (non-hydrogen) atoms. The summed E-state index contributed by atoms with van der Waals surface area (Å²) < 4.78 is 11.6. The summed E-state index contributed by atoms with van der Waals surface area (Å²) in [5.74, 6) is 1.52. The molecule has 1 heterocycles. The van der Waals surface area contributed by atoms with Crippen LogP contribution in [0.3, 0.4) is 0 Å². The first-order chi connectivity index (χ1) is 23.7. The quantitative estimate of drug-likeness (QED) is 0.170. The summed E-state index contributed by atoms with van der Waals surface area (Å²) in [6.07, 6.45) is 2.05. The monoisotopic (exact) mass is 710 g/mol. The molecule has 0 bridgehead atoms. The van der Waals surface area contributed by atoms with E-state index in [2.05, 4.69) is 21.7 Å². The molecule has 0 aliphatic carbocycles. The maximum absolute atomic E-state index is 12.7. The van der Waals surface area contributed by atoms with Crippen LogP contribution in [-0.4, -0.2) is 126 Å². The van der Waals surface area contributed by atoms with Crippen LogP contribution in [0.2, 0.25) is 0 Å². The predicted molar refractivity (Wildman–Crippen MR) is 192 cm³/mol. The van der Waals surface area contributed by atoms with Gasteiger partial charge in [0.1, 0.15) is 42.7 Å². The Morgan fingerprint density at radius 1 is 1.04 bits per heavy atom. The Hall–Kier alpha value is -3.83. The lowest BCUT2D eigenvalue weighted by Gasteiger charge is -2.39. The maximum Gasteiger partial charge on any atom is 0.246 e. The second-order valence-electron chi connectivity index (χ2n) is 13.1. The van der Waals surface area contributed by atoms with E-state index in [0.29, 0.717) is 25.1 Å². The fourth-order valence-corrected chi connectivity index (χ4v) is 5.77. The van der Waals surface area contributed by atoms with Crippen molar-refractivity contribution in [3.05, 3.63) is 70.3 Å². The van der Waals surface area contributed by atoms with E-state index in [1.807, 2.05) is 49.4 Å². The molecular weight excluding hydrogens is 660 g/mol. The molecule has 3 amide bonds. The highest BCUT2D eigenvalue weighted by Crippen LogP contribution is 2.33. The summed E-state index contributed by atoms with van der Waals surface area (Å²) in [6, 6.07) is 13.5. The van der Waals surface area contributed by atoms with Crippen molar-refractivity contribution in [2.45, 2.75) is 69.9 Å². The molecule has 5 atom stereocenters. The van der Waals surface area contributed by atoms with Gasteiger partial charge in [-0.3, -0.25) is 19.3 Å². The van der Waals surface area contributed by atoms with Gasteiger partial charge < -0.3 is 40.3 Å². The van der Waals surface area contributed by atoms with E-state index in [1.165, 1.54) is 16.1 Å². The summed E-state index contributed by atoms with van der Waals surface area (Å²) in [4.78, 5) is 40.6. The lowest BCUT2D eigenvalue weighted by atomic mass is 9.89. The number of terminal acetylenes is 1. The van der Waals surface area contributed by atoms with Crippen LogP contribution in [0.1, 0.15) is 47.8 Å². The number of aliphatic hydroxyl groups excluding tert-OH is 3. The fourth-order valence-electron chi connectivity index (χ4n) is 5.34. The molecule has 13 heteroatoms. The number of amides is 3. The molecular formula is C37H50N4O8S. The molecule has 0 aromatic heterocycles.